The molecule has 1 atom stereocenters. The van der Waals surface area contributed by atoms with E-state index in [0.29, 0.717) is 5.56 Å². The third-order valence-corrected chi connectivity index (χ3v) is 5.05. The zero-order chi connectivity index (χ0) is 15.3. The molecule has 2 fully saturated rings. The average Bonchev–Trinajstić information content (AvgIpc) is 2.80. The van der Waals surface area contributed by atoms with Crippen molar-refractivity contribution in [1.29, 1.82) is 0 Å². The largest absolute Gasteiger partial charge is 0.416 e. The minimum atomic E-state index is -4.29. The molecule has 2 aliphatic rings. The van der Waals surface area contributed by atoms with Crippen LogP contribution < -0.4 is 0 Å². The van der Waals surface area contributed by atoms with E-state index in [9.17, 15) is 18.0 Å². The van der Waals surface area contributed by atoms with Gasteiger partial charge in [0.1, 0.15) is 0 Å². The Morgan fingerprint density at radius 3 is 2.67 bits per heavy atom. The normalized spacial score (nSPS) is 24.2. The number of likely N-dealkylation sites (tertiary alicyclic amines) is 1. The summed E-state index contributed by atoms with van der Waals surface area (Å²) in [4.78, 5) is 12.4. The fourth-order valence-electron chi connectivity index (χ4n) is 4.05. The molecule has 5 heteroatoms. The minimum absolute atomic E-state index is 0.145. The summed E-state index contributed by atoms with van der Waals surface area (Å²) < 4.78 is 39.0. The number of carbonyl (C=O) groups is 1. The molecule has 21 heavy (non-hydrogen) atoms. The van der Waals surface area contributed by atoms with Crippen LogP contribution in [0.2, 0.25) is 0 Å². The summed E-state index contributed by atoms with van der Waals surface area (Å²) >= 11 is 0. The number of benzene rings is 1. The van der Waals surface area contributed by atoms with Crippen molar-refractivity contribution in [1.82, 2.24) is 4.90 Å². The Morgan fingerprint density at radius 1 is 1.33 bits per heavy atom. The van der Waals surface area contributed by atoms with Gasteiger partial charge in [0, 0.05) is 18.5 Å². The predicted molar refractivity (Wildman–Crippen MR) is 72.8 cm³/mol. The summed E-state index contributed by atoms with van der Waals surface area (Å²) in [6.07, 6.45) is -0.638. The number of amides is 1. The van der Waals surface area contributed by atoms with Gasteiger partial charge in [0.15, 0.2) is 0 Å². The lowest BCUT2D eigenvalue weighted by Crippen LogP contribution is -2.54. The first kappa shape index (κ1) is 14.4. The number of nitrogens with zero attached hydrogens (tertiary/aromatic N) is 1. The molecule has 0 radical (unpaired) electrons. The summed E-state index contributed by atoms with van der Waals surface area (Å²) in [7, 11) is 0. The second-order valence-corrected chi connectivity index (χ2v) is 6.47. The molecular weight excluding hydrogens is 279 g/mol. The Kier molecular flexibility index (Phi) is 3.26. The lowest BCUT2D eigenvalue weighted by Gasteiger charge is -2.46. The van der Waals surface area contributed by atoms with Crippen molar-refractivity contribution < 1.29 is 18.0 Å². The highest BCUT2D eigenvalue weighted by Gasteiger charge is 2.48. The van der Waals surface area contributed by atoms with Crippen LogP contribution in [-0.4, -0.2) is 24.4 Å². The first-order valence-electron chi connectivity index (χ1n) is 7.21. The molecular formula is C16H18F3NO. The van der Waals surface area contributed by atoms with Crippen LogP contribution in [0.1, 0.15) is 41.9 Å². The van der Waals surface area contributed by atoms with E-state index in [1.165, 1.54) is 6.07 Å². The fourth-order valence-corrected chi connectivity index (χ4v) is 4.05. The minimum Gasteiger partial charge on any atom is -0.344 e. The van der Waals surface area contributed by atoms with Crippen LogP contribution in [0.4, 0.5) is 13.2 Å². The molecule has 1 saturated carbocycles. The number of rotatable bonds is 2. The van der Waals surface area contributed by atoms with Crippen LogP contribution in [-0.2, 0) is 11.0 Å². The van der Waals surface area contributed by atoms with Gasteiger partial charge in [0.25, 0.3) is 0 Å². The smallest absolute Gasteiger partial charge is 0.344 e. The third kappa shape index (κ3) is 2.43. The molecule has 114 valence electrons. The summed E-state index contributed by atoms with van der Waals surface area (Å²) in [5, 5.41) is 0. The molecule has 1 spiro atoms. The van der Waals surface area contributed by atoms with Gasteiger partial charge in [-0.15, -0.1) is 0 Å². The molecule has 1 unspecified atom stereocenters. The molecule has 0 bridgehead atoms. The quantitative estimate of drug-likeness (QED) is 0.762. The van der Waals surface area contributed by atoms with Gasteiger partial charge < -0.3 is 4.90 Å². The van der Waals surface area contributed by atoms with E-state index >= 15 is 0 Å². The van der Waals surface area contributed by atoms with Crippen molar-refractivity contribution in [2.45, 2.75) is 38.3 Å². The summed E-state index contributed by atoms with van der Waals surface area (Å²) in [6, 6.07) is 4.49. The number of hydrogen-bond acceptors (Lipinski definition) is 1. The van der Waals surface area contributed by atoms with Crippen molar-refractivity contribution >= 4 is 6.41 Å². The summed E-state index contributed by atoms with van der Waals surface area (Å²) in [5.74, 6) is 0.182. The Hall–Kier alpha value is -1.52. The van der Waals surface area contributed by atoms with Crippen molar-refractivity contribution in [3.63, 3.8) is 0 Å². The molecule has 0 N–H and O–H groups in total. The van der Waals surface area contributed by atoms with E-state index in [4.69, 9.17) is 0 Å². The first-order chi connectivity index (χ1) is 9.85. The van der Waals surface area contributed by atoms with Gasteiger partial charge in [-0.3, -0.25) is 4.79 Å². The van der Waals surface area contributed by atoms with Crippen LogP contribution in [0, 0.1) is 12.3 Å². The van der Waals surface area contributed by atoms with Crippen LogP contribution >= 0.6 is 0 Å². The Bertz CT molecular complexity index is 561. The maximum Gasteiger partial charge on any atom is 0.416 e. The van der Waals surface area contributed by atoms with Crippen molar-refractivity contribution in [2.24, 2.45) is 5.41 Å². The molecule has 1 amide bonds. The Labute approximate surface area is 121 Å². The van der Waals surface area contributed by atoms with Crippen molar-refractivity contribution in [3.05, 3.63) is 34.9 Å². The van der Waals surface area contributed by atoms with Crippen LogP contribution in [0.5, 0.6) is 0 Å². The predicted octanol–water partition coefficient (Wildman–Crippen LogP) is 3.74. The standard InChI is InChI=1S/C16H18F3NO/c1-11-13(3-2-4-14(11)16(17,18)19)12-5-6-15(7-12)8-20(9-15)10-21/h2-4,10,12H,5-9H2,1H3. The zero-order valence-electron chi connectivity index (χ0n) is 11.9. The van der Waals surface area contributed by atoms with E-state index in [0.717, 1.165) is 50.4 Å². The Balaban J connectivity index is 1.82. The molecule has 2 nitrogen and oxygen atoms in total. The van der Waals surface area contributed by atoms with Crippen molar-refractivity contribution in [2.75, 3.05) is 13.1 Å². The number of hydrogen-bond donors (Lipinski definition) is 0. The van der Waals surface area contributed by atoms with Gasteiger partial charge in [-0.05, 0) is 49.3 Å². The second kappa shape index (κ2) is 4.75. The lowest BCUT2D eigenvalue weighted by molar-refractivity contribution is -0.138. The maximum atomic E-state index is 13.0. The van der Waals surface area contributed by atoms with Crippen LogP contribution in [0.3, 0.4) is 0 Å². The highest BCUT2D eigenvalue weighted by atomic mass is 19.4. The van der Waals surface area contributed by atoms with E-state index in [2.05, 4.69) is 0 Å². The molecule has 1 saturated heterocycles. The first-order valence-corrected chi connectivity index (χ1v) is 7.21. The van der Waals surface area contributed by atoms with E-state index in [1.807, 2.05) is 6.07 Å². The van der Waals surface area contributed by atoms with Crippen LogP contribution in [0.15, 0.2) is 18.2 Å². The maximum absolute atomic E-state index is 13.0. The van der Waals surface area contributed by atoms with Gasteiger partial charge in [-0.2, -0.15) is 13.2 Å². The average molecular weight is 297 g/mol. The van der Waals surface area contributed by atoms with Crippen molar-refractivity contribution in [3.8, 4) is 0 Å². The lowest BCUT2D eigenvalue weighted by atomic mass is 9.77. The Morgan fingerprint density at radius 2 is 2.05 bits per heavy atom. The molecule has 1 aromatic rings. The van der Waals surface area contributed by atoms with Crippen LogP contribution in [0.25, 0.3) is 0 Å². The highest BCUT2D eigenvalue weighted by Crippen LogP contribution is 2.52. The topological polar surface area (TPSA) is 20.3 Å². The second-order valence-electron chi connectivity index (χ2n) is 6.47. The van der Waals surface area contributed by atoms with Gasteiger partial charge in [-0.25, -0.2) is 0 Å². The summed E-state index contributed by atoms with van der Waals surface area (Å²) in [6.45, 7) is 3.08. The molecule has 1 aliphatic carbocycles. The summed E-state index contributed by atoms with van der Waals surface area (Å²) in [5.41, 5.74) is 0.806. The molecule has 3 rings (SSSR count). The SMILES string of the molecule is Cc1c(C2CCC3(C2)CN(C=O)C3)cccc1C(F)(F)F. The molecule has 1 heterocycles. The van der Waals surface area contributed by atoms with Gasteiger partial charge in [0.2, 0.25) is 6.41 Å². The molecule has 0 aromatic heterocycles. The molecule has 1 aromatic carbocycles. The molecule has 1 aliphatic heterocycles. The van der Waals surface area contributed by atoms with Gasteiger partial charge >= 0.3 is 6.18 Å². The van der Waals surface area contributed by atoms with E-state index in [-0.39, 0.29) is 11.3 Å². The van der Waals surface area contributed by atoms with Gasteiger partial charge in [-0.1, -0.05) is 12.1 Å². The monoisotopic (exact) mass is 297 g/mol. The van der Waals surface area contributed by atoms with Gasteiger partial charge in [0.05, 0.1) is 5.56 Å². The number of alkyl halides is 3. The highest BCUT2D eigenvalue weighted by molar-refractivity contribution is 5.50. The van der Waals surface area contributed by atoms with E-state index in [1.54, 1.807) is 11.8 Å². The number of halogens is 3. The third-order valence-electron chi connectivity index (χ3n) is 5.05. The zero-order valence-corrected chi connectivity index (χ0v) is 11.9. The fraction of sp³-hybridized carbons (Fsp3) is 0.562. The number of carbonyl (C=O) groups excluding carboxylic acids is 1. The van der Waals surface area contributed by atoms with E-state index < -0.39 is 11.7 Å².